The molecule has 1 aliphatic rings. The minimum atomic E-state index is -0.836. The van der Waals surface area contributed by atoms with E-state index in [-0.39, 0.29) is 0 Å². The van der Waals surface area contributed by atoms with E-state index in [1.54, 1.807) is 11.4 Å². The predicted octanol–water partition coefficient (Wildman–Crippen LogP) is 2.97. The lowest BCUT2D eigenvalue weighted by molar-refractivity contribution is 0.0697. The Hall–Kier alpha value is -0.870. The summed E-state index contributed by atoms with van der Waals surface area (Å²) in [6.07, 6.45) is 4.02. The van der Waals surface area contributed by atoms with Crippen molar-refractivity contribution in [1.29, 1.82) is 0 Å². The van der Waals surface area contributed by atoms with Crippen LogP contribution in [0.1, 0.15) is 41.4 Å². The second-order valence-corrected chi connectivity index (χ2v) is 6.02. The molecule has 94 valence electrons. The summed E-state index contributed by atoms with van der Waals surface area (Å²) in [5.74, 6) is 0.850. The summed E-state index contributed by atoms with van der Waals surface area (Å²) in [4.78, 5) is 11.8. The predicted molar refractivity (Wildman–Crippen MR) is 69.5 cm³/mol. The first-order chi connectivity index (χ1) is 8.15. The number of thiophene rings is 1. The number of aromatic carboxylic acids is 1. The van der Waals surface area contributed by atoms with E-state index in [9.17, 15) is 4.79 Å². The van der Waals surface area contributed by atoms with Gasteiger partial charge in [-0.3, -0.25) is 0 Å². The van der Waals surface area contributed by atoms with E-state index in [0.717, 1.165) is 29.8 Å². The molecule has 1 aromatic heterocycles. The van der Waals surface area contributed by atoms with Gasteiger partial charge in [-0.15, -0.1) is 11.3 Å². The van der Waals surface area contributed by atoms with Gasteiger partial charge in [-0.1, -0.05) is 13.3 Å². The molecule has 4 heteroatoms. The molecule has 0 amide bonds. The third-order valence-corrected chi connectivity index (χ3v) is 4.37. The summed E-state index contributed by atoms with van der Waals surface area (Å²) in [5, 5.41) is 14.0. The molecule has 1 aromatic rings. The molecule has 3 nitrogen and oxygen atoms in total. The largest absolute Gasteiger partial charge is 0.478 e. The molecule has 1 fully saturated rings. The minimum Gasteiger partial charge on any atom is -0.478 e. The fourth-order valence-electron chi connectivity index (χ4n) is 2.50. The SMILES string of the molecule is CC1CCC(CNCc2cc(C(=O)O)cs2)C1. The van der Waals surface area contributed by atoms with Gasteiger partial charge in [0, 0.05) is 16.8 Å². The van der Waals surface area contributed by atoms with Gasteiger partial charge in [0.2, 0.25) is 0 Å². The monoisotopic (exact) mass is 253 g/mol. The van der Waals surface area contributed by atoms with Crippen LogP contribution >= 0.6 is 11.3 Å². The number of hydrogen-bond donors (Lipinski definition) is 2. The van der Waals surface area contributed by atoms with Crippen molar-refractivity contribution in [3.63, 3.8) is 0 Å². The van der Waals surface area contributed by atoms with E-state index in [2.05, 4.69) is 12.2 Å². The van der Waals surface area contributed by atoms with Crippen molar-refractivity contribution in [3.8, 4) is 0 Å². The first kappa shape index (κ1) is 12.6. The average Bonchev–Trinajstić information content (AvgIpc) is 2.88. The van der Waals surface area contributed by atoms with Crippen LogP contribution in [0.2, 0.25) is 0 Å². The van der Waals surface area contributed by atoms with Crippen LogP contribution in [0.15, 0.2) is 11.4 Å². The lowest BCUT2D eigenvalue weighted by atomic mass is 10.1. The fraction of sp³-hybridized carbons (Fsp3) is 0.615. The lowest BCUT2D eigenvalue weighted by Crippen LogP contribution is -2.20. The molecule has 2 unspecified atom stereocenters. The molecule has 0 aromatic carbocycles. The number of carboxylic acid groups (broad SMARTS) is 1. The highest BCUT2D eigenvalue weighted by Crippen LogP contribution is 2.29. The smallest absolute Gasteiger partial charge is 0.336 e. The lowest BCUT2D eigenvalue weighted by Gasteiger charge is -2.09. The van der Waals surface area contributed by atoms with Crippen LogP contribution in [-0.2, 0) is 6.54 Å². The Kier molecular flexibility index (Phi) is 4.18. The maximum Gasteiger partial charge on any atom is 0.336 e. The van der Waals surface area contributed by atoms with Crippen molar-refractivity contribution in [3.05, 3.63) is 21.9 Å². The Bertz CT molecular complexity index is 389. The quantitative estimate of drug-likeness (QED) is 0.848. The zero-order valence-corrected chi connectivity index (χ0v) is 10.9. The third kappa shape index (κ3) is 3.54. The van der Waals surface area contributed by atoms with Crippen LogP contribution < -0.4 is 5.32 Å². The van der Waals surface area contributed by atoms with Gasteiger partial charge in [0.15, 0.2) is 0 Å². The van der Waals surface area contributed by atoms with Gasteiger partial charge in [-0.05, 0) is 37.3 Å². The van der Waals surface area contributed by atoms with Gasteiger partial charge in [-0.25, -0.2) is 4.79 Å². The van der Waals surface area contributed by atoms with Crippen LogP contribution in [0.25, 0.3) is 0 Å². The number of rotatable bonds is 5. The second-order valence-electron chi connectivity index (χ2n) is 5.02. The van der Waals surface area contributed by atoms with Crippen molar-refractivity contribution in [2.24, 2.45) is 11.8 Å². The summed E-state index contributed by atoms with van der Waals surface area (Å²) in [7, 11) is 0. The van der Waals surface area contributed by atoms with E-state index in [0.29, 0.717) is 5.56 Å². The van der Waals surface area contributed by atoms with Crippen molar-refractivity contribution in [2.45, 2.75) is 32.7 Å². The van der Waals surface area contributed by atoms with Crippen molar-refractivity contribution < 1.29 is 9.90 Å². The molecular formula is C13H19NO2S. The highest BCUT2D eigenvalue weighted by molar-refractivity contribution is 7.10. The van der Waals surface area contributed by atoms with Gasteiger partial charge >= 0.3 is 5.97 Å². The van der Waals surface area contributed by atoms with Gasteiger partial charge in [-0.2, -0.15) is 0 Å². The van der Waals surface area contributed by atoms with Gasteiger partial charge < -0.3 is 10.4 Å². The molecule has 1 saturated carbocycles. The Balaban J connectivity index is 1.72. The number of carboxylic acids is 1. The summed E-state index contributed by atoms with van der Waals surface area (Å²) in [5.41, 5.74) is 0.404. The first-order valence-corrected chi connectivity index (χ1v) is 7.04. The maximum atomic E-state index is 10.7. The van der Waals surface area contributed by atoms with Crippen molar-refractivity contribution in [2.75, 3.05) is 6.54 Å². The molecule has 0 radical (unpaired) electrons. The Morgan fingerprint density at radius 1 is 1.59 bits per heavy atom. The second kappa shape index (κ2) is 5.65. The Labute approximate surface area is 106 Å². The molecule has 0 bridgehead atoms. The molecule has 2 rings (SSSR count). The molecule has 0 aliphatic heterocycles. The molecule has 2 atom stereocenters. The molecule has 0 saturated heterocycles. The van der Waals surface area contributed by atoms with Crippen LogP contribution in [0.4, 0.5) is 0 Å². The number of hydrogen-bond acceptors (Lipinski definition) is 3. The summed E-state index contributed by atoms with van der Waals surface area (Å²) in [6, 6.07) is 1.76. The maximum absolute atomic E-state index is 10.7. The highest BCUT2D eigenvalue weighted by Gasteiger charge is 2.20. The Morgan fingerprint density at radius 3 is 3.00 bits per heavy atom. The summed E-state index contributed by atoms with van der Waals surface area (Å²) < 4.78 is 0. The van der Waals surface area contributed by atoms with E-state index >= 15 is 0 Å². The molecular weight excluding hydrogens is 234 g/mol. The molecule has 17 heavy (non-hydrogen) atoms. The van der Waals surface area contributed by atoms with Crippen LogP contribution in [0, 0.1) is 11.8 Å². The number of carbonyl (C=O) groups is 1. The molecule has 2 N–H and O–H groups in total. The van der Waals surface area contributed by atoms with E-state index in [1.807, 2.05) is 0 Å². The highest BCUT2D eigenvalue weighted by atomic mass is 32.1. The summed E-state index contributed by atoms with van der Waals surface area (Å²) in [6.45, 7) is 4.17. The Morgan fingerprint density at radius 2 is 2.41 bits per heavy atom. The van der Waals surface area contributed by atoms with Crippen LogP contribution in [0.5, 0.6) is 0 Å². The topological polar surface area (TPSA) is 49.3 Å². The van der Waals surface area contributed by atoms with Crippen molar-refractivity contribution >= 4 is 17.3 Å². The average molecular weight is 253 g/mol. The fourth-order valence-corrected chi connectivity index (χ4v) is 3.32. The standard InChI is InChI=1S/C13H19NO2S/c1-9-2-3-10(4-9)6-14-7-12-5-11(8-17-12)13(15)16/h5,8-10,14H,2-4,6-7H2,1H3,(H,15,16). The van der Waals surface area contributed by atoms with E-state index in [4.69, 9.17) is 5.11 Å². The minimum absolute atomic E-state index is 0.404. The molecule has 1 aliphatic carbocycles. The first-order valence-electron chi connectivity index (χ1n) is 6.16. The van der Waals surface area contributed by atoms with Crippen molar-refractivity contribution in [1.82, 2.24) is 5.32 Å². The zero-order chi connectivity index (χ0) is 12.3. The van der Waals surface area contributed by atoms with E-state index < -0.39 is 5.97 Å². The molecule has 1 heterocycles. The van der Waals surface area contributed by atoms with Gasteiger partial charge in [0.1, 0.15) is 0 Å². The van der Waals surface area contributed by atoms with Gasteiger partial charge in [0.05, 0.1) is 5.56 Å². The molecule has 0 spiro atoms. The van der Waals surface area contributed by atoms with Crippen LogP contribution in [0.3, 0.4) is 0 Å². The zero-order valence-electron chi connectivity index (χ0n) is 10.1. The van der Waals surface area contributed by atoms with E-state index in [1.165, 1.54) is 30.6 Å². The number of nitrogens with one attached hydrogen (secondary N) is 1. The normalized spacial score (nSPS) is 24.1. The van der Waals surface area contributed by atoms with Crippen LogP contribution in [-0.4, -0.2) is 17.6 Å². The summed E-state index contributed by atoms with van der Waals surface area (Å²) >= 11 is 1.52. The van der Waals surface area contributed by atoms with Gasteiger partial charge in [0.25, 0.3) is 0 Å². The third-order valence-electron chi connectivity index (χ3n) is 3.44.